The summed E-state index contributed by atoms with van der Waals surface area (Å²) in [4.78, 5) is 0. The average molecular weight is 322 g/mol. The molecule has 1 saturated heterocycles. The monoisotopic (exact) mass is 322 g/mol. The minimum Gasteiger partial charge on any atom is -0.201 e. The third-order valence-corrected chi connectivity index (χ3v) is 6.75. The standard InChI is InChI=1S/C17H26N2O2S/c20-22(21,19-13-7-2-8-14-19)18-15-17(11-5-6-12-17)16-9-3-1-4-10-16/h1,3-4,9-10,18H,2,5-8,11-15H2. The molecule has 0 bridgehead atoms. The zero-order valence-corrected chi connectivity index (χ0v) is 13.9. The molecule has 0 spiro atoms. The Morgan fingerprint density at radius 1 is 0.955 bits per heavy atom. The van der Waals surface area contributed by atoms with E-state index in [1.807, 2.05) is 6.07 Å². The fraction of sp³-hybridized carbons (Fsp3) is 0.647. The summed E-state index contributed by atoms with van der Waals surface area (Å²) in [5, 5.41) is 0. The second-order valence-electron chi connectivity index (χ2n) is 6.64. The molecule has 22 heavy (non-hydrogen) atoms. The van der Waals surface area contributed by atoms with E-state index in [9.17, 15) is 8.42 Å². The van der Waals surface area contributed by atoms with Crippen molar-refractivity contribution in [2.45, 2.75) is 50.4 Å². The maximum absolute atomic E-state index is 12.5. The largest absolute Gasteiger partial charge is 0.279 e. The predicted molar refractivity (Wildman–Crippen MR) is 88.9 cm³/mol. The average Bonchev–Trinajstić information content (AvgIpc) is 3.05. The maximum Gasteiger partial charge on any atom is 0.279 e. The van der Waals surface area contributed by atoms with Crippen molar-refractivity contribution in [2.75, 3.05) is 19.6 Å². The predicted octanol–water partition coefficient (Wildman–Crippen LogP) is 2.82. The van der Waals surface area contributed by atoms with E-state index in [0.29, 0.717) is 19.6 Å². The molecule has 0 atom stereocenters. The molecule has 122 valence electrons. The van der Waals surface area contributed by atoms with Gasteiger partial charge in [-0.1, -0.05) is 49.6 Å². The van der Waals surface area contributed by atoms with Gasteiger partial charge in [0.1, 0.15) is 0 Å². The second kappa shape index (κ2) is 6.69. The minimum atomic E-state index is -3.33. The Balaban J connectivity index is 1.72. The molecule has 2 aliphatic rings. The third-order valence-electron chi connectivity index (χ3n) is 5.19. The summed E-state index contributed by atoms with van der Waals surface area (Å²) < 4.78 is 29.6. The second-order valence-corrected chi connectivity index (χ2v) is 8.39. The van der Waals surface area contributed by atoms with Gasteiger partial charge in [-0.25, -0.2) is 4.72 Å². The molecule has 1 aromatic rings. The molecule has 0 unspecified atom stereocenters. The summed E-state index contributed by atoms with van der Waals surface area (Å²) in [5.41, 5.74) is 1.25. The molecule has 4 nitrogen and oxygen atoms in total. The highest BCUT2D eigenvalue weighted by Gasteiger charge is 2.37. The van der Waals surface area contributed by atoms with Gasteiger partial charge in [0, 0.05) is 25.0 Å². The number of nitrogens with one attached hydrogen (secondary N) is 1. The van der Waals surface area contributed by atoms with Gasteiger partial charge in [-0.3, -0.25) is 0 Å². The summed E-state index contributed by atoms with van der Waals surface area (Å²) in [5.74, 6) is 0. The van der Waals surface area contributed by atoms with Crippen LogP contribution in [0.2, 0.25) is 0 Å². The van der Waals surface area contributed by atoms with E-state index in [2.05, 4.69) is 29.0 Å². The first-order valence-corrected chi connectivity index (χ1v) is 9.87. The SMILES string of the molecule is O=S(=O)(NCC1(c2ccccc2)CCCC1)N1CCCCC1. The first-order chi connectivity index (χ1) is 10.6. The highest BCUT2D eigenvalue weighted by atomic mass is 32.2. The van der Waals surface area contributed by atoms with Crippen molar-refractivity contribution in [3.05, 3.63) is 35.9 Å². The van der Waals surface area contributed by atoms with Crippen LogP contribution in [0, 0.1) is 0 Å². The fourth-order valence-electron chi connectivity index (χ4n) is 3.84. The lowest BCUT2D eigenvalue weighted by Crippen LogP contribution is -2.47. The van der Waals surface area contributed by atoms with E-state index in [4.69, 9.17) is 0 Å². The summed E-state index contributed by atoms with van der Waals surface area (Å²) in [7, 11) is -3.33. The first kappa shape index (κ1) is 16.0. The molecule has 1 heterocycles. The van der Waals surface area contributed by atoms with Crippen LogP contribution in [-0.4, -0.2) is 32.4 Å². The zero-order chi connectivity index (χ0) is 15.5. The highest BCUT2D eigenvalue weighted by molar-refractivity contribution is 7.87. The molecule has 0 radical (unpaired) electrons. The Bertz CT molecular complexity index is 574. The molecule has 0 aromatic heterocycles. The van der Waals surface area contributed by atoms with Crippen LogP contribution in [0.25, 0.3) is 0 Å². The Morgan fingerprint density at radius 2 is 1.59 bits per heavy atom. The number of benzene rings is 1. The lowest BCUT2D eigenvalue weighted by atomic mass is 9.79. The quantitative estimate of drug-likeness (QED) is 0.906. The molecular weight excluding hydrogens is 296 g/mol. The topological polar surface area (TPSA) is 49.4 Å². The van der Waals surface area contributed by atoms with Crippen LogP contribution in [0.4, 0.5) is 0 Å². The number of nitrogens with zero attached hydrogens (tertiary/aromatic N) is 1. The molecule has 1 aliphatic heterocycles. The van der Waals surface area contributed by atoms with Gasteiger partial charge >= 0.3 is 0 Å². The lowest BCUT2D eigenvalue weighted by molar-refractivity contribution is 0.336. The van der Waals surface area contributed by atoms with Gasteiger partial charge in [-0.15, -0.1) is 0 Å². The van der Waals surface area contributed by atoms with Crippen LogP contribution in [0.5, 0.6) is 0 Å². The fourth-order valence-corrected chi connectivity index (χ4v) is 5.22. The van der Waals surface area contributed by atoms with Crippen LogP contribution in [-0.2, 0) is 15.6 Å². The smallest absolute Gasteiger partial charge is 0.201 e. The minimum absolute atomic E-state index is 0.0237. The van der Waals surface area contributed by atoms with Crippen molar-refractivity contribution in [1.82, 2.24) is 9.03 Å². The molecule has 1 N–H and O–H groups in total. The highest BCUT2D eigenvalue weighted by Crippen LogP contribution is 2.40. The number of piperidine rings is 1. The number of hydrogen-bond acceptors (Lipinski definition) is 2. The van der Waals surface area contributed by atoms with Crippen molar-refractivity contribution in [1.29, 1.82) is 0 Å². The van der Waals surface area contributed by atoms with Crippen molar-refractivity contribution >= 4 is 10.2 Å². The Morgan fingerprint density at radius 3 is 2.23 bits per heavy atom. The summed E-state index contributed by atoms with van der Waals surface area (Å²) >= 11 is 0. The van der Waals surface area contributed by atoms with Crippen LogP contribution < -0.4 is 4.72 Å². The Labute approximate surface area is 134 Å². The van der Waals surface area contributed by atoms with Crippen LogP contribution in [0.15, 0.2) is 30.3 Å². The summed E-state index contributed by atoms with van der Waals surface area (Å²) in [6, 6.07) is 10.4. The molecular formula is C17H26N2O2S. The Hall–Kier alpha value is -0.910. The summed E-state index contributed by atoms with van der Waals surface area (Å²) in [6.45, 7) is 1.84. The molecule has 1 aliphatic carbocycles. The van der Waals surface area contributed by atoms with E-state index < -0.39 is 10.2 Å². The normalized spacial score (nSPS) is 22.7. The van der Waals surface area contributed by atoms with Crippen molar-refractivity contribution in [3.8, 4) is 0 Å². The molecule has 3 rings (SSSR count). The van der Waals surface area contributed by atoms with Gasteiger partial charge in [-0.2, -0.15) is 12.7 Å². The van der Waals surface area contributed by atoms with Gasteiger partial charge in [-0.05, 0) is 31.2 Å². The van der Waals surface area contributed by atoms with Gasteiger partial charge in [0.2, 0.25) is 0 Å². The van der Waals surface area contributed by atoms with E-state index >= 15 is 0 Å². The number of hydrogen-bond donors (Lipinski definition) is 1. The van der Waals surface area contributed by atoms with E-state index in [1.54, 1.807) is 4.31 Å². The van der Waals surface area contributed by atoms with Crippen LogP contribution in [0.3, 0.4) is 0 Å². The van der Waals surface area contributed by atoms with Crippen molar-refractivity contribution in [2.24, 2.45) is 0 Å². The third kappa shape index (κ3) is 3.36. The van der Waals surface area contributed by atoms with Crippen molar-refractivity contribution in [3.63, 3.8) is 0 Å². The molecule has 1 aromatic carbocycles. The Kier molecular flexibility index (Phi) is 4.85. The van der Waals surface area contributed by atoms with E-state index in [1.165, 1.54) is 18.4 Å². The van der Waals surface area contributed by atoms with Crippen molar-refractivity contribution < 1.29 is 8.42 Å². The van der Waals surface area contributed by atoms with Gasteiger partial charge in [0.15, 0.2) is 0 Å². The van der Waals surface area contributed by atoms with E-state index in [-0.39, 0.29) is 5.41 Å². The maximum atomic E-state index is 12.5. The molecule has 2 fully saturated rings. The number of rotatable bonds is 5. The zero-order valence-electron chi connectivity index (χ0n) is 13.1. The van der Waals surface area contributed by atoms with Gasteiger partial charge in [0.25, 0.3) is 10.2 Å². The van der Waals surface area contributed by atoms with E-state index in [0.717, 1.165) is 32.1 Å². The van der Waals surface area contributed by atoms with Crippen LogP contribution in [0.1, 0.15) is 50.5 Å². The first-order valence-electron chi connectivity index (χ1n) is 8.43. The molecule has 5 heteroatoms. The molecule has 0 amide bonds. The van der Waals surface area contributed by atoms with Crippen LogP contribution >= 0.6 is 0 Å². The van der Waals surface area contributed by atoms with Gasteiger partial charge in [0.05, 0.1) is 0 Å². The van der Waals surface area contributed by atoms with Gasteiger partial charge < -0.3 is 0 Å². The lowest BCUT2D eigenvalue weighted by Gasteiger charge is -2.32. The molecule has 1 saturated carbocycles. The summed E-state index contributed by atoms with van der Waals surface area (Å²) in [6.07, 6.45) is 7.59.